The Kier molecular flexibility index (Phi) is 4.29. The summed E-state index contributed by atoms with van der Waals surface area (Å²) < 4.78 is 11.3. The zero-order valence-electron chi connectivity index (χ0n) is 13.8. The number of aromatic carboxylic acids is 1. The van der Waals surface area contributed by atoms with Crippen LogP contribution in [0.3, 0.4) is 0 Å². The second-order valence-corrected chi connectivity index (χ2v) is 6.12. The quantitative estimate of drug-likeness (QED) is 0.894. The third kappa shape index (κ3) is 2.94. The van der Waals surface area contributed by atoms with Crippen molar-refractivity contribution in [3.63, 3.8) is 0 Å². The molecule has 0 atom stereocenters. The maximum absolute atomic E-state index is 11.8. The highest BCUT2D eigenvalue weighted by atomic mass is 16.5. The lowest BCUT2D eigenvalue weighted by molar-refractivity contribution is 0.0696. The number of carboxylic acids is 1. The number of carbonyl (C=O) groups is 1. The van der Waals surface area contributed by atoms with Crippen molar-refractivity contribution in [2.75, 3.05) is 37.9 Å². The molecule has 0 radical (unpaired) electrons. The topological polar surface area (TPSA) is 71.0 Å². The molecule has 0 spiro atoms. The van der Waals surface area contributed by atoms with Crippen molar-refractivity contribution in [1.29, 1.82) is 0 Å². The van der Waals surface area contributed by atoms with Gasteiger partial charge in [-0.25, -0.2) is 4.79 Å². The van der Waals surface area contributed by atoms with Crippen molar-refractivity contribution in [1.82, 2.24) is 5.32 Å². The number of rotatable bonds is 3. The summed E-state index contributed by atoms with van der Waals surface area (Å²) in [6.45, 7) is 3.75. The second kappa shape index (κ2) is 6.74. The van der Waals surface area contributed by atoms with Gasteiger partial charge in [-0.3, -0.25) is 5.32 Å². The lowest BCUT2D eigenvalue weighted by Gasteiger charge is -2.32. The van der Waals surface area contributed by atoms with Crippen LogP contribution in [0.1, 0.15) is 15.9 Å². The van der Waals surface area contributed by atoms with Gasteiger partial charge in [-0.05, 0) is 6.07 Å². The molecule has 2 aliphatic heterocycles. The molecule has 0 aromatic heterocycles. The number of carboxylic acid groups (broad SMARTS) is 1. The summed E-state index contributed by atoms with van der Waals surface area (Å²) in [4.78, 5) is 13.9. The molecule has 4 rings (SSSR count). The zero-order chi connectivity index (χ0) is 17.2. The molecule has 0 amide bonds. The molecule has 2 aromatic rings. The van der Waals surface area contributed by atoms with Crippen LogP contribution in [0.15, 0.2) is 36.4 Å². The SMILES string of the molecule is O=C(O)c1cccc(-c2cccc3c2OCNC3)c1N1CCOCC1. The molecule has 1 saturated heterocycles. The molecule has 6 nitrogen and oxygen atoms in total. The number of anilines is 1. The van der Waals surface area contributed by atoms with E-state index in [9.17, 15) is 9.90 Å². The Morgan fingerprint density at radius 2 is 1.84 bits per heavy atom. The second-order valence-electron chi connectivity index (χ2n) is 6.12. The smallest absolute Gasteiger partial charge is 0.337 e. The Balaban J connectivity index is 1.90. The van der Waals surface area contributed by atoms with Gasteiger partial charge in [0.1, 0.15) is 12.5 Å². The van der Waals surface area contributed by atoms with E-state index in [0.29, 0.717) is 38.6 Å². The fourth-order valence-electron chi connectivity index (χ4n) is 3.48. The maximum Gasteiger partial charge on any atom is 0.337 e. The molecule has 0 bridgehead atoms. The molecule has 2 N–H and O–H groups in total. The molecule has 0 aliphatic carbocycles. The minimum atomic E-state index is -0.921. The molecular formula is C19H20N2O4. The Hall–Kier alpha value is -2.57. The average Bonchev–Trinajstić information content (AvgIpc) is 2.67. The number of para-hydroxylation sites is 2. The van der Waals surface area contributed by atoms with Crippen LogP contribution in [0.4, 0.5) is 5.69 Å². The van der Waals surface area contributed by atoms with E-state index in [1.165, 1.54) is 0 Å². The fourth-order valence-corrected chi connectivity index (χ4v) is 3.48. The number of nitrogens with zero attached hydrogens (tertiary/aromatic N) is 1. The zero-order valence-corrected chi connectivity index (χ0v) is 13.8. The van der Waals surface area contributed by atoms with Crippen molar-refractivity contribution >= 4 is 11.7 Å². The van der Waals surface area contributed by atoms with Crippen LogP contribution in [0.25, 0.3) is 11.1 Å². The van der Waals surface area contributed by atoms with Gasteiger partial charge in [0.2, 0.25) is 0 Å². The summed E-state index contributed by atoms with van der Waals surface area (Å²) >= 11 is 0. The predicted molar refractivity (Wildman–Crippen MR) is 94.2 cm³/mol. The first-order chi connectivity index (χ1) is 12.3. The van der Waals surface area contributed by atoms with Gasteiger partial charge in [-0.1, -0.05) is 30.3 Å². The van der Waals surface area contributed by atoms with Gasteiger partial charge < -0.3 is 19.5 Å². The monoisotopic (exact) mass is 340 g/mol. The van der Waals surface area contributed by atoms with Crippen LogP contribution in [0.5, 0.6) is 5.75 Å². The van der Waals surface area contributed by atoms with E-state index in [1.54, 1.807) is 12.1 Å². The highest BCUT2D eigenvalue weighted by Gasteiger charge is 2.25. The van der Waals surface area contributed by atoms with Gasteiger partial charge in [-0.2, -0.15) is 0 Å². The van der Waals surface area contributed by atoms with E-state index in [1.807, 2.05) is 24.3 Å². The first-order valence-corrected chi connectivity index (χ1v) is 8.40. The lowest BCUT2D eigenvalue weighted by atomic mass is 9.95. The number of benzene rings is 2. The van der Waals surface area contributed by atoms with E-state index in [0.717, 1.165) is 34.7 Å². The lowest BCUT2D eigenvalue weighted by Crippen LogP contribution is -2.37. The van der Waals surface area contributed by atoms with Gasteiger partial charge in [-0.15, -0.1) is 0 Å². The number of hydrogen-bond acceptors (Lipinski definition) is 5. The highest BCUT2D eigenvalue weighted by Crippen LogP contribution is 2.41. The summed E-state index contributed by atoms with van der Waals surface area (Å²) in [5, 5.41) is 12.9. The Labute approximate surface area is 146 Å². The molecular weight excluding hydrogens is 320 g/mol. The van der Waals surface area contributed by atoms with E-state index < -0.39 is 5.97 Å². The van der Waals surface area contributed by atoms with E-state index >= 15 is 0 Å². The number of morpholine rings is 1. The number of ether oxygens (including phenoxy) is 2. The van der Waals surface area contributed by atoms with Gasteiger partial charge in [0.05, 0.1) is 24.5 Å². The summed E-state index contributed by atoms with van der Waals surface area (Å²) in [7, 11) is 0. The molecule has 0 unspecified atom stereocenters. The number of nitrogens with one attached hydrogen (secondary N) is 1. The molecule has 2 aliphatic rings. The molecule has 2 heterocycles. The van der Waals surface area contributed by atoms with Crippen LogP contribution in [-0.4, -0.2) is 44.1 Å². The third-order valence-electron chi connectivity index (χ3n) is 4.61. The molecule has 0 saturated carbocycles. The first kappa shape index (κ1) is 15.9. The van der Waals surface area contributed by atoms with Crippen LogP contribution in [-0.2, 0) is 11.3 Å². The largest absolute Gasteiger partial charge is 0.478 e. The average molecular weight is 340 g/mol. The van der Waals surface area contributed by atoms with Crippen molar-refractivity contribution in [3.05, 3.63) is 47.5 Å². The maximum atomic E-state index is 11.8. The Bertz CT molecular complexity index is 800. The Morgan fingerprint density at radius 1 is 1.08 bits per heavy atom. The van der Waals surface area contributed by atoms with Crippen LogP contribution >= 0.6 is 0 Å². The third-order valence-corrected chi connectivity index (χ3v) is 4.61. The van der Waals surface area contributed by atoms with Crippen molar-refractivity contribution in [2.45, 2.75) is 6.54 Å². The van der Waals surface area contributed by atoms with E-state index in [4.69, 9.17) is 9.47 Å². The minimum Gasteiger partial charge on any atom is -0.478 e. The first-order valence-electron chi connectivity index (χ1n) is 8.40. The van der Waals surface area contributed by atoms with Crippen molar-refractivity contribution in [2.24, 2.45) is 0 Å². The highest BCUT2D eigenvalue weighted by molar-refractivity contribution is 6.00. The summed E-state index contributed by atoms with van der Waals surface area (Å²) in [6, 6.07) is 11.4. The fraction of sp³-hybridized carbons (Fsp3) is 0.316. The van der Waals surface area contributed by atoms with Crippen LogP contribution in [0, 0.1) is 0 Å². The van der Waals surface area contributed by atoms with Crippen molar-refractivity contribution in [3.8, 4) is 16.9 Å². The molecule has 25 heavy (non-hydrogen) atoms. The van der Waals surface area contributed by atoms with Crippen molar-refractivity contribution < 1.29 is 19.4 Å². The van der Waals surface area contributed by atoms with E-state index in [2.05, 4.69) is 10.2 Å². The molecule has 130 valence electrons. The molecule has 2 aromatic carbocycles. The Morgan fingerprint density at radius 3 is 2.64 bits per heavy atom. The minimum absolute atomic E-state index is 0.311. The molecule has 6 heteroatoms. The number of fused-ring (bicyclic) bond motifs is 1. The summed E-state index contributed by atoms with van der Waals surface area (Å²) in [5.74, 6) is -0.0889. The van der Waals surface area contributed by atoms with Gasteiger partial charge >= 0.3 is 5.97 Å². The van der Waals surface area contributed by atoms with Gasteiger partial charge in [0.15, 0.2) is 0 Å². The van der Waals surface area contributed by atoms with Crippen LogP contribution < -0.4 is 15.0 Å². The number of hydrogen-bond donors (Lipinski definition) is 2. The summed E-state index contributed by atoms with van der Waals surface area (Å²) in [6.07, 6.45) is 0. The van der Waals surface area contributed by atoms with E-state index in [-0.39, 0.29) is 0 Å². The standard InChI is InChI=1S/C19H20N2O4/c22-19(23)16-6-2-4-14(17(16)21-7-9-24-10-8-21)15-5-1-3-13-11-20-12-25-18(13)15/h1-6,20H,7-12H2,(H,22,23). The molecule has 1 fully saturated rings. The van der Waals surface area contributed by atoms with Gasteiger partial charge in [0, 0.05) is 36.3 Å². The van der Waals surface area contributed by atoms with Gasteiger partial charge in [0.25, 0.3) is 0 Å². The summed E-state index contributed by atoms with van der Waals surface area (Å²) in [5.41, 5.74) is 3.96. The normalized spacial score (nSPS) is 16.9. The van der Waals surface area contributed by atoms with Crippen LogP contribution in [0.2, 0.25) is 0 Å². The predicted octanol–water partition coefficient (Wildman–Crippen LogP) is 2.33.